The largest absolute Gasteiger partial charge is 0.336 e. The summed E-state index contributed by atoms with van der Waals surface area (Å²) >= 11 is 9.82. The maximum absolute atomic E-state index is 11.9. The highest BCUT2D eigenvalue weighted by atomic mass is 79.9. The number of carbonyl (C=O) groups is 2. The van der Waals surface area contributed by atoms with E-state index in [0.29, 0.717) is 19.6 Å². The van der Waals surface area contributed by atoms with Gasteiger partial charge in [-0.2, -0.15) is 0 Å². The van der Waals surface area contributed by atoms with Gasteiger partial charge in [0.25, 0.3) is 0 Å². The van der Waals surface area contributed by atoms with Crippen LogP contribution in [0.15, 0.2) is 68.2 Å². The maximum atomic E-state index is 11.9. The third-order valence-electron chi connectivity index (χ3n) is 5.80. The molecule has 8 nitrogen and oxygen atoms in total. The van der Waals surface area contributed by atoms with Crippen molar-refractivity contribution in [3.8, 4) is 22.5 Å². The van der Waals surface area contributed by atoms with E-state index in [9.17, 15) is 9.59 Å². The summed E-state index contributed by atoms with van der Waals surface area (Å²) < 4.78 is 2.09. The van der Waals surface area contributed by atoms with E-state index in [-0.39, 0.29) is 12.1 Å². The van der Waals surface area contributed by atoms with Crippen LogP contribution in [-0.2, 0) is 0 Å². The van der Waals surface area contributed by atoms with Gasteiger partial charge in [-0.25, -0.2) is 19.6 Å². The summed E-state index contributed by atoms with van der Waals surface area (Å²) in [4.78, 5) is 37.6. The van der Waals surface area contributed by atoms with Crippen LogP contribution >= 0.6 is 54.5 Å². The number of benzene rings is 2. The molecule has 0 unspecified atom stereocenters. The minimum Gasteiger partial charge on any atom is -0.336 e. The van der Waals surface area contributed by atoms with Gasteiger partial charge in [-0.15, -0.1) is 22.7 Å². The second-order valence-corrected chi connectivity index (χ2v) is 11.8. The number of hydrogen-bond acceptors (Lipinski definition) is 6. The second-order valence-electron chi connectivity index (χ2n) is 8.28. The highest BCUT2D eigenvalue weighted by Crippen LogP contribution is 2.30. The fraction of sp³-hybridized carbons (Fsp3) is 0.200. The zero-order valence-electron chi connectivity index (χ0n) is 19.7. The van der Waals surface area contributed by atoms with E-state index in [4.69, 9.17) is 0 Å². The molecule has 4 heterocycles. The van der Waals surface area contributed by atoms with Gasteiger partial charge in [0.05, 0.1) is 11.4 Å². The predicted molar refractivity (Wildman–Crippen MR) is 157 cm³/mol. The zero-order chi connectivity index (χ0) is 25.9. The molecule has 0 spiro atoms. The Hall–Kier alpha value is -2.80. The number of anilines is 2. The van der Waals surface area contributed by atoms with Crippen LogP contribution in [-0.4, -0.2) is 60.2 Å². The van der Waals surface area contributed by atoms with E-state index >= 15 is 0 Å². The SMILES string of the molecule is CN1CCN(c2nc(-c3ccc(Br)cc3)cs2)C1=O.O=C1NCCN1c1nc(-c2ccc(Br)cc2)cs1. The third kappa shape index (κ3) is 5.87. The lowest BCUT2D eigenvalue weighted by atomic mass is 10.2. The molecule has 2 aromatic carbocycles. The number of amides is 4. The van der Waals surface area contributed by atoms with Crippen LogP contribution in [0.2, 0.25) is 0 Å². The first kappa shape index (κ1) is 25.8. The topological polar surface area (TPSA) is 81.7 Å². The van der Waals surface area contributed by atoms with Crippen LogP contribution in [0.4, 0.5) is 19.9 Å². The number of nitrogens with zero attached hydrogens (tertiary/aromatic N) is 5. The normalized spacial score (nSPS) is 15.2. The standard InChI is InChI=1S/C13H12BrN3OS.C12H10BrN3OS/c1-16-6-7-17(13(16)18)12-15-11(8-19-12)9-2-4-10(14)5-3-9;13-9-3-1-8(2-4-9)10-7-18-12(15-10)16-6-5-14-11(16)17/h2-5,8H,6-7H2,1H3;1-4,7H,5-6H2,(H,14,17). The van der Waals surface area contributed by atoms with Crippen molar-refractivity contribution in [2.45, 2.75) is 0 Å². The molecule has 1 N–H and O–H groups in total. The Morgan fingerprint density at radius 2 is 1.27 bits per heavy atom. The Balaban J connectivity index is 0.000000152. The monoisotopic (exact) mass is 660 g/mol. The fourth-order valence-corrected chi connectivity index (χ4v) is 6.00. The second kappa shape index (κ2) is 11.3. The number of halogens is 2. The Kier molecular flexibility index (Phi) is 7.89. The van der Waals surface area contributed by atoms with Crippen molar-refractivity contribution in [3.05, 3.63) is 68.2 Å². The van der Waals surface area contributed by atoms with E-state index < -0.39 is 0 Å². The maximum Gasteiger partial charge on any atom is 0.326 e. The molecule has 0 aliphatic carbocycles. The Morgan fingerprint density at radius 1 is 0.757 bits per heavy atom. The molecule has 0 bridgehead atoms. The highest BCUT2D eigenvalue weighted by molar-refractivity contribution is 9.10. The van der Waals surface area contributed by atoms with Gasteiger partial charge in [0.2, 0.25) is 0 Å². The summed E-state index contributed by atoms with van der Waals surface area (Å²) in [6, 6.07) is 15.9. The number of aromatic nitrogens is 2. The van der Waals surface area contributed by atoms with Crippen LogP contribution < -0.4 is 15.1 Å². The van der Waals surface area contributed by atoms with Crippen LogP contribution in [0.5, 0.6) is 0 Å². The predicted octanol–water partition coefficient (Wildman–Crippen LogP) is 6.55. The van der Waals surface area contributed by atoms with Gasteiger partial charge in [-0.05, 0) is 24.3 Å². The van der Waals surface area contributed by atoms with Crippen LogP contribution in [0, 0.1) is 0 Å². The number of likely N-dealkylation sites (N-methyl/N-ethyl adjacent to an activating group) is 1. The Bertz CT molecular complexity index is 1410. The number of nitrogens with one attached hydrogen (secondary N) is 1. The molecular weight excluding hydrogens is 640 g/mol. The van der Waals surface area contributed by atoms with Gasteiger partial charge in [0, 0.05) is 64.1 Å². The van der Waals surface area contributed by atoms with Crippen LogP contribution in [0.1, 0.15) is 0 Å². The molecule has 4 aromatic rings. The molecule has 0 atom stereocenters. The molecule has 2 aliphatic heterocycles. The molecule has 2 fully saturated rings. The average Bonchev–Trinajstić information content (AvgIpc) is 3.70. The summed E-state index contributed by atoms with van der Waals surface area (Å²) in [6.07, 6.45) is 0. The van der Waals surface area contributed by atoms with Crippen molar-refractivity contribution in [1.82, 2.24) is 20.2 Å². The summed E-state index contributed by atoms with van der Waals surface area (Å²) in [5, 5.41) is 8.26. The number of hydrogen-bond donors (Lipinski definition) is 1. The Morgan fingerprint density at radius 3 is 1.70 bits per heavy atom. The number of rotatable bonds is 4. The van der Waals surface area contributed by atoms with Gasteiger partial charge in [-0.1, -0.05) is 56.1 Å². The molecule has 2 aromatic heterocycles. The average molecular weight is 662 g/mol. The molecule has 12 heteroatoms. The molecule has 2 aliphatic rings. The number of urea groups is 2. The van der Waals surface area contributed by atoms with E-state index in [1.54, 1.807) is 14.7 Å². The molecule has 190 valence electrons. The molecule has 0 radical (unpaired) electrons. The van der Waals surface area contributed by atoms with Gasteiger partial charge in [-0.3, -0.25) is 9.80 Å². The molecule has 0 saturated carbocycles. The highest BCUT2D eigenvalue weighted by Gasteiger charge is 2.28. The summed E-state index contributed by atoms with van der Waals surface area (Å²) in [5.41, 5.74) is 3.93. The lowest BCUT2D eigenvalue weighted by Gasteiger charge is -2.11. The fourth-order valence-electron chi connectivity index (χ4n) is 3.76. The van der Waals surface area contributed by atoms with Crippen molar-refractivity contribution in [1.29, 1.82) is 0 Å². The number of thiazole rings is 2. The van der Waals surface area contributed by atoms with Gasteiger partial charge in [0.1, 0.15) is 0 Å². The lowest BCUT2D eigenvalue weighted by molar-refractivity contribution is 0.229. The molecule has 37 heavy (non-hydrogen) atoms. The molecular formula is C25H22Br2N6O2S2. The minimum atomic E-state index is -0.0632. The summed E-state index contributed by atoms with van der Waals surface area (Å²) in [6.45, 7) is 2.84. The first-order chi connectivity index (χ1) is 17.9. The van der Waals surface area contributed by atoms with Gasteiger partial charge < -0.3 is 10.2 Å². The minimum absolute atomic E-state index is 0.0247. The van der Waals surface area contributed by atoms with Crippen molar-refractivity contribution in [2.75, 3.05) is 43.0 Å². The molecule has 4 amide bonds. The summed E-state index contributed by atoms with van der Waals surface area (Å²) in [5.74, 6) is 0. The van der Waals surface area contributed by atoms with Gasteiger partial charge >= 0.3 is 12.1 Å². The van der Waals surface area contributed by atoms with Crippen molar-refractivity contribution >= 4 is 76.9 Å². The third-order valence-corrected chi connectivity index (χ3v) is 8.58. The van der Waals surface area contributed by atoms with Gasteiger partial charge in [0.15, 0.2) is 10.3 Å². The van der Waals surface area contributed by atoms with E-state index in [1.807, 2.05) is 66.3 Å². The smallest absolute Gasteiger partial charge is 0.326 e. The van der Waals surface area contributed by atoms with E-state index in [0.717, 1.165) is 48.3 Å². The molecule has 6 rings (SSSR count). The van der Waals surface area contributed by atoms with E-state index in [1.165, 1.54) is 22.7 Å². The quantitative estimate of drug-likeness (QED) is 0.269. The molecule has 2 saturated heterocycles. The van der Waals surface area contributed by atoms with Crippen molar-refractivity contribution in [3.63, 3.8) is 0 Å². The summed E-state index contributed by atoms with van der Waals surface area (Å²) in [7, 11) is 1.81. The van der Waals surface area contributed by atoms with Crippen molar-refractivity contribution < 1.29 is 9.59 Å². The van der Waals surface area contributed by atoms with Crippen LogP contribution in [0.3, 0.4) is 0 Å². The van der Waals surface area contributed by atoms with Crippen molar-refractivity contribution in [2.24, 2.45) is 0 Å². The van der Waals surface area contributed by atoms with Crippen LogP contribution in [0.25, 0.3) is 22.5 Å². The van der Waals surface area contributed by atoms with E-state index in [2.05, 4.69) is 47.1 Å². The Labute approximate surface area is 239 Å². The zero-order valence-corrected chi connectivity index (χ0v) is 24.5. The first-order valence-corrected chi connectivity index (χ1v) is 14.7. The lowest BCUT2D eigenvalue weighted by Crippen LogP contribution is -2.28. The first-order valence-electron chi connectivity index (χ1n) is 11.4. The number of carbonyl (C=O) groups excluding carboxylic acids is 2.